The Balaban J connectivity index is 1.62. The van der Waals surface area contributed by atoms with E-state index in [9.17, 15) is 4.39 Å². The van der Waals surface area contributed by atoms with Crippen molar-refractivity contribution in [2.24, 2.45) is 0 Å². The van der Waals surface area contributed by atoms with E-state index in [1.807, 2.05) is 42.5 Å². The summed E-state index contributed by atoms with van der Waals surface area (Å²) in [5.74, 6) is 0.972. The Bertz CT molecular complexity index is 1040. The van der Waals surface area contributed by atoms with Crippen LogP contribution in [0.2, 0.25) is 0 Å². The van der Waals surface area contributed by atoms with Crippen LogP contribution in [0.4, 0.5) is 10.2 Å². The maximum atomic E-state index is 13.3. The lowest BCUT2D eigenvalue weighted by Crippen LogP contribution is -2.08. The van der Waals surface area contributed by atoms with Crippen molar-refractivity contribution in [1.29, 1.82) is 0 Å². The molecule has 4 nitrogen and oxygen atoms in total. The fourth-order valence-electron chi connectivity index (χ4n) is 2.90. The first kappa shape index (κ1) is 17.8. The summed E-state index contributed by atoms with van der Waals surface area (Å²) >= 11 is 0. The second-order valence-corrected chi connectivity index (χ2v) is 6.35. The fourth-order valence-corrected chi connectivity index (χ4v) is 2.90. The minimum atomic E-state index is -0.274. The molecule has 0 radical (unpaired) electrons. The van der Waals surface area contributed by atoms with E-state index in [-0.39, 0.29) is 5.82 Å². The summed E-state index contributed by atoms with van der Waals surface area (Å²) in [7, 11) is 0. The van der Waals surface area contributed by atoms with E-state index in [2.05, 4.69) is 32.4 Å². The van der Waals surface area contributed by atoms with Gasteiger partial charge in [0.05, 0.1) is 5.69 Å². The van der Waals surface area contributed by atoms with E-state index in [0.29, 0.717) is 17.3 Å². The van der Waals surface area contributed by atoms with E-state index >= 15 is 0 Å². The molecule has 5 heteroatoms. The standard InChI is InChI=1S/C23H19FN4/c24-19-11-9-18(10-12-19)21-16-22(26-15-13-17-6-2-1-3-7-17)28-23(27-21)20-8-4-5-14-25-20/h1-12,14,16H,13,15H2,(H,26,27,28). The van der Waals surface area contributed by atoms with Crippen molar-refractivity contribution >= 4 is 5.82 Å². The van der Waals surface area contributed by atoms with Crippen molar-refractivity contribution in [3.05, 3.63) is 96.4 Å². The summed E-state index contributed by atoms with van der Waals surface area (Å²) in [5.41, 5.74) is 3.50. The third-order valence-electron chi connectivity index (χ3n) is 4.32. The molecule has 0 aliphatic heterocycles. The highest BCUT2D eigenvalue weighted by Gasteiger charge is 2.10. The zero-order chi connectivity index (χ0) is 19.2. The maximum absolute atomic E-state index is 13.3. The molecule has 0 atom stereocenters. The van der Waals surface area contributed by atoms with Gasteiger partial charge in [-0.1, -0.05) is 36.4 Å². The molecule has 0 bridgehead atoms. The quantitative estimate of drug-likeness (QED) is 0.519. The summed E-state index contributed by atoms with van der Waals surface area (Å²) in [6.45, 7) is 0.742. The number of nitrogens with one attached hydrogen (secondary N) is 1. The number of pyridine rings is 1. The lowest BCUT2D eigenvalue weighted by Gasteiger charge is -2.10. The molecule has 4 rings (SSSR count). The Hall–Kier alpha value is -3.60. The van der Waals surface area contributed by atoms with Gasteiger partial charge in [0, 0.05) is 24.4 Å². The second-order valence-electron chi connectivity index (χ2n) is 6.35. The second kappa shape index (κ2) is 8.39. The van der Waals surface area contributed by atoms with Crippen LogP contribution in [0, 0.1) is 5.82 Å². The average Bonchev–Trinajstić information content (AvgIpc) is 2.75. The molecule has 1 N–H and O–H groups in total. The van der Waals surface area contributed by atoms with E-state index in [1.54, 1.807) is 18.3 Å². The van der Waals surface area contributed by atoms with Crippen molar-refractivity contribution in [3.8, 4) is 22.8 Å². The van der Waals surface area contributed by atoms with E-state index in [0.717, 1.165) is 24.2 Å². The Kier molecular flexibility index (Phi) is 5.33. The summed E-state index contributed by atoms with van der Waals surface area (Å²) in [4.78, 5) is 13.6. The number of benzene rings is 2. The molecule has 0 unspecified atom stereocenters. The van der Waals surface area contributed by atoms with Gasteiger partial charge in [0.1, 0.15) is 17.3 Å². The highest BCUT2D eigenvalue weighted by atomic mass is 19.1. The summed E-state index contributed by atoms with van der Waals surface area (Å²) in [6, 6.07) is 24.1. The van der Waals surface area contributed by atoms with Gasteiger partial charge in [-0.15, -0.1) is 0 Å². The highest BCUT2D eigenvalue weighted by molar-refractivity contribution is 5.66. The van der Waals surface area contributed by atoms with Gasteiger partial charge in [-0.05, 0) is 48.4 Å². The minimum absolute atomic E-state index is 0.274. The molecule has 2 heterocycles. The molecule has 0 aliphatic rings. The molecule has 0 saturated carbocycles. The summed E-state index contributed by atoms with van der Waals surface area (Å²) in [6.07, 6.45) is 2.60. The lowest BCUT2D eigenvalue weighted by molar-refractivity contribution is 0.628. The molecule has 0 spiro atoms. The normalized spacial score (nSPS) is 10.6. The largest absolute Gasteiger partial charge is 0.370 e. The number of hydrogen-bond acceptors (Lipinski definition) is 4. The Morgan fingerprint density at radius 3 is 2.32 bits per heavy atom. The predicted octanol–water partition coefficient (Wildman–Crippen LogP) is 5.00. The van der Waals surface area contributed by atoms with Crippen molar-refractivity contribution in [2.45, 2.75) is 6.42 Å². The van der Waals surface area contributed by atoms with Gasteiger partial charge in [-0.3, -0.25) is 4.98 Å². The molecule has 0 amide bonds. The molecule has 0 fully saturated rings. The van der Waals surface area contributed by atoms with Crippen LogP contribution >= 0.6 is 0 Å². The zero-order valence-electron chi connectivity index (χ0n) is 15.2. The van der Waals surface area contributed by atoms with Crippen molar-refractivity contribution in [3.63, 3.8) is 0 Å². The molecule has 0 aliphatic carbocycles. The highest BCUT2D eigenvalue weighted by Crippen LogP contribution is 2.23. The van der Waals surface area contributed by atoms with Gasteiger partial charge in [0.2, 0.25) is 0 Å². The number of hydrogen-bond donors (Lipinski definition) is 1. The van der Waals surface area contributed by atoms with E-state index in [1.165, 1.54) is 17.7 Å². The van der Waals surface area contributed by atoms with Crippen LogP contribution < -0.4 is 5.32 Å². The van der Waals surface area contributed by atoms with Gasteiger partial charge < -0.3 is 5.32 Å². The van der Waals surface area contributed by atoms with Crippen LogP contribution in [0.5, 0.6) is 0 Å². The number of rotatable bonds is 6. The average molecular weight is 370 g/mol. The third kappa shape index (κ3) is 4.38. The molecule has 28 heavy (non-hydrogen) atoms. The van der Waals surface area contributed by atoms with Gasteiger partial charge in [0.25, 0.3) is 0 Å². The third-order valence-corrected chi connectivity index (χ3v) is 4.32. The van der Waals surface area contributed by atoms with E-state index in [4.69, 9.17) is 0 Å². The molecule has 2 aromatic carbocycles. The van der Waals surface area contributed by atoms with E-state index < -0.39 is 0 Å². The number of anilines is 1. The van der Waals surface area contributed by atoms with Crippen LogP contribution in [0.25, 0.3) is 22.8 Å². The number of halogens is 1. The van der Waals surface area contributed by atoms with Crippen LogP contribution in [0.3, 0.4) is 0 Å². The van der Waals surface area contributed by atoms with Gasteiger partial charge in [-0.25, -0.2) is 14.4 Å². The SMILES string of the molecule is Fc1ccc(-c2cc(NCCc3ccccc3)nc(-c3ccccn3)n2)cc1. The first-order chi connectivity index (χ1) is 13.8. The fraction of sp³-hybridized carbons (Fsp3) is 0.0870. The monoisotopic (exact) mass is 370 g/mol. The summed E-state index contributed by atoms with van der Waals surface area (Å²) < 4.78 is 13.3. The molecule has 4 aromatic rings. The minimum Gasteiger partial charge on any atom is -0.370 e. The van der Waals surface area contributed by atoms with Crippen LogP contribution in [-0.2, 0) is 6.42 Å². The van der Waals surface area contributed by atoms with Crippen molar-refractivity contribution in [1.82, 2.24) is 15.0 Å². The Morgan fingerprint density at radius 2 is 1.57 bits per heavy atom. The van der Waals surface area contributed by atoms with Crippen LogP contribution in [0.15, 0.2) is 85.1 Å². The first-order valence-corrected chi connectivity index (χ1v) is 9.12. The molecular weight excluding hydrogens is 351 g/mol. The first-order valence-electron chi connectivity index (χ1n) is 9.12. The molecule has 138 valence electrons. The van der Waals surface area contributed by atoms with Gasteiger partial charge in [-0.2, -0.15) is 0 Å². The lowest BCUT2D eigenvalue weighted by atomic mass is 10.1. The van der Waals surface area contributed by atoms with Crippen molar-refractivity contribution in [2.75, 3.05) is 11.9 Å². The summed E-state index contributed by atoms with van der Waals surface area (Å²) in [5, 5.41) is 3.37. The molecule has 0 saturated heterocycles. The zero-order valence-corrected chi connectivity index (χ0v) is 15.2. The smallest absolute Gasteiger partial charge is 0.180 e. The van der Waals surface area contributed by atoms with Gasteiger partial charge >= 0.3 is 0 Å². The van der Waals surface area contributed by atoms with Gasteiger partial charge in [0.15, 0.2) is 5.82 Å². The number of aromatic nitrogens is 3. The molecule has 2 aromatic heterocycles. The maximum Gasteiger partial charge on any atom is 0.180 e. The predicted molar refractivity (Wildman–Crippen MR) is 109 cm³/mol. The Labute approximate surface area is 163 Å². The number of nitrogens with zero attached hydrogens (tertiary/aromatic N) is 3. The molecular formula is C23H19FN4. The van der Waals surface area contributed by atoms with Crippen LogP contribution in [0.1, 0.15) is 5.56 Å². The van der Waals surface area contributed by atoms with Crippen molar-refractivity contribution < 1.29 is 4.39 Å². The topological polar surface area (TPSA) is 50.7 Å². The van der Waals surface area contributed by atoms with Crippen LogP contribution in [-0.4, -0.2) is 21.5 Å². The Morgan fingerprint density at radius 1 is 0.786 bits per heavy atom.